The number of halogens is 1. The molecular formula is C15H21FO2. The van der Waals surface area contributed by atoms with E-state index in [4.69, 9.17) is 0 Å². The van der Waals surface area contributed by atoms with Crippen molar-refractivity contribution >= 4 is 0 Å². The van der Waals surface area contributed by atoms with E-state index in [0.717, 1.165) is 25.7 Å². The van der Waals surface area contributed by atoms with Crippen LogP contribution in [0, 0.1) is 18.7 Å². The first-order chi connectivity index (χ1) is 8.59. The van der Waals surface area contributed by atoms with Crippen molar-refractivity contribution in [2.24, 2.45) is 5.92 Å². The minimum atomic E-state index is -0.910. The predicted molar refractivity (Wildman–Crippen MR) is 68.7 cm³/mol. The van der Waals surface area contributed by atoms with Crippen molar-refractivity contribution in [1.82, 2.24) is 0 Å². The molecule has 2 atom stereocenters. The van der Waals surface area contributed by atoms with Crippen molar-refractivity contribution < 1.29 is 14.6 Å². The van der Waals surface area contributed by atoms with Crippen molar-refractivity contribution in [3.05, 3.63) is 35.1 Å². The van der Waals surface area contributed by atoms with Crippen LogP contribution >= 0.6 is 0 Å². The summed E-state index contributed by atoms with van der Waals surface area (Å²) in [6.45, 7) is 1.67. The largest absolute Gasteiger partial charge is 0.390 e. The molecule has 3 heteroatoms. The van der Waals surface area contributed by atoms with E-state index in [2.05, 4.69) is 0 Å². The highest BCUT2D eigenvalue weighted by Crippen LogP contribution is 2.32. The van der Waals surface area contributed by atoms with E-state index in [9.17, 15) is 14.6 Å². The summed E-state index contributed by atoms with van der Waals surface area (Å²) in [4.78, 5) is 0. The molecule has 1 aromatic rings. The van der Waals surface area contributed by atoms with Gasteiger partial charge in [0.25, 0.3) is 0 Å². The first-order valence-electron chi connectivity index (χ1n) is 6.72. The van der Waals surface area contributed by atoms with Crippen LogP contribution in [0.2, 0.25) is 0 Å². The number of hydrogen-bond donors (Lipinski definition) is 2. The zero-order valence-electron chi connectivity index (χ0n) is 10.8. The lowest BCUT2D eigenvalue weighted by molar-refractivity contribution is -0.0286. The molecule has 0 heterocycles. The van der Waals surface area contributed by atoms with Gasteiger partial charge in [-0.3, -0.25) is 0 Å². The Kier molecular flexibility index (Phi) is 4.36. The lowest BCUT2D eigenvalue weighted by Crippen LogP contribution is -2.29. The van der Waals surface area contributed by atoms with Gasteiger partial charge in [0.1, 0.15) is 11.9 Å². The monoisotopic (exact) mass is 252 g/mol. The lowest BCUT2D eigenvalue weighted by atomic mass is 9.82. The summed E-state index contributed by atoms with van der Waals surface area (Å²) in [7, 11) is 0. The van der Waals surface area contributed by atoms with Gasteiger partial charge in [-0.15, -0.1) is 0 Å². The topological polar surface area (TPSA) is 40.5 Å². The minimum Gasteiger partial charge on any atom is -0.390 e. The molecule has 1 saturated carbocycles. The molecule has 1 aromatic carbocycles. The van der Waals surface area contributed by atoms with Crippen molar-refractivity contribution in [3.63, 3.8) is 0 Å². The average molecular weight is 252 g/mol. The van der Waals surface area contributed by atoms with E-state index in [0.29, 0.717) is 11.1 Å². The van der Waals surface area contributed by atoms with Gasteiger partial charge in [-0.2, -0.15) is 0 Å². The molecule has 0 amide bonds. The normalized spacial score (nSPS) is 20.7. The molecule has 0 aliphatic heterocycles. The third-order valence-corrected chi connectivity index (χ3v) is 3.98. The Morgan fingerprint density at radius 3 is 2.44 bits per heavy atom. The van der Waals surface area contributed by atoms with Gasteiger partial charge in [0.05, 0.1) is 6.10 Å². The van der Waals surface area contributed by atoms with E-state index < -0.39 is 12.2 Å². The lowest BCUT2D eigenvalue weighted by Gasteiger charge is -2.30. The first-order valence-corrected chi connectivity index (χ1v) is 6.72. The van der Waals surface area contributed by atoms with Crippen LogP contribution in [0.5, 0.6) is 0 Å². The maximum absolute atomic E-state index is 13.2. The van der Waals surface area contributed by atoms with Crippen LogP contribution in [0.4, 0.5) is 4.39 Å². The van der Waals surface area contributed by atoms with Crippen LogP contribution in [-0.2, 0) is 0 Å². The Labute approximate surface area is 107 Å². The second kappa shape index (κ2) is 5.81. The summed E-state index contributed by atoms with van der Waals surface area (Å²) in [5.74, 6) is -0.114. The molecule has 0 aromatic heterocycles. The minimum absolute atomic E-state index is 0.166. The Morgan fingerprint density at radius 2 is 1.83 bits per heavy atom. The number of aryl methyl sites for hydroxylation is 1. The molecular weight excluding hydrogens is 231 g/mol. The maximum atomic E-state index is 13.2. The van der Waals surface area contributed by atoms with Crippen LogP contribution in [0.3, 0.4) is 0 Å². The molecule has 0 saturated heterocycles. The van der Waals surface area contributed by atoms with Crippen molar-refractivity contribution in [3.8, 4) is 0 Å². The highest BCUT2D eigenvalue weighted by atomic mass is 19.1. The van der Waals surface area contributed by atoms with Gasteiger partial charge >= 0.3 is 0 Å². The summed E-state index contributed by atoms with van der Waals surface area (Å²) in [5.41, 5.74) is 1.11. The van der Waals surface area contributed by atoms with E-state index in [1.165, 1.54) is 12.5 Å². The SMILES string of the molecule is Cc1cc(C(O)C(O)C2CCCCC2)ccc1F. The summed E-state index contributed by atoms with van der Waals surface area (Å²) in [6, 6.07) is 4.52. The Hall–Kier alpha value is -0.930. The van der Waals surface area contributed by atoms with Gasteiger partial charge in [0.2, 0.25) is 0 Å². The highest BCUT2D eigenvalue weighted by molar-refractivity contribution is 5.26. The second-order valence-corrected chi connectivity index (χ2v) is 5.34. The van der Waals surface area contributed by atoms with Crippen molar-refractivity contribution in [2.75, 3.05) is 0 Å². The Morgan fingerprint density at radius 1 is 1.17 bits per heavy atom. The zero-order valence-corrected chi connectivity index (χ0v) is 10.8. The molecule has 0 radical (unpaired) electrons. The fourth-order valence-electron chi connectivity index (χ4n) is 2.78. The quantitative estimate of drug-likeness (QED) is 0.867. The molecule has 0 bridgehead atoms. The van der Waals surface area contributed by atoms with Gasteiger partial charge < -0.3 is 10.2 Å². The molecule has 1 fully saturated rings. The standard InChI is InChI=1S/C15H21FO2/c1-10-9-12(7-8-13(10)16)15(18)14(17)11-5-3-2-4-6-11/h7-9,11,14-15,17-18H,2-6H2,1H3. The van der Waals surface area contributed by atoms with Gasteiger partial charge in [-0.1, -0.05) is 31.4 Å². The summed E-state index contributed by atoms with van der Waals surface area (Å²) < 4.78 is 13.2. The number of hydrogen-bond acceptors (Lipinski definition) is 2. The number of aliphatic hydroxyl groups excluding tert-OH is 2. The van der Waals surface area contributed by atoms with Crippen LogP contribution in [-0.4, -0.2) is 16.3 Å². The van der Waals surface area contributed by atoms with Gasteiger partial charge in [-0.05, 0) is 42.9 Å². The van der Waals surface area contributed by atoms with E-state index in [-0.39, 0.29) is 11.7 Å². The molecule has 2 unspecified atom stereocenters. The molecule has 1 aliphatic rings. The van der Waals surface area contributed by atoms with Gasteiger partial charge in [0, 0.05) is 0 Å². The first kappa shape index (κ1) is 13.5. The molecule has 2 rings (SSSR count). The number of aliphatic hydroxyl groups is 2. The van der Waals surface area contributed by atoms with Crippen molar-refractivity contribution in [1.29, 1.82) is 0 Å². The molecule has 18 heavy (non-hydrogen) atoms. The fourth-order valence-corrected chi connectivity index (χ4v) is 2.78. The summed E-state index contributed by atoms with van der Waals surface area (Å²) in [5, 5.41) is 20.4. The summed E-state index contributed by atoms with van der Waals surface area (Å²) in [6.07, 6.45) is 3.75. The Balaban J connectivity index is 2.09. The van der Waals surface area contributed by atoms with E-state index in [1.807, 2.05) is 0 Å². The number of rotatable bonds is 3. The van der Waals surface area contributed by atoms with Crippen molar-refractivity contribution in [2.45, 2.75) is 51.2 Å². The van der Waals surface area contributed by atoms with Gasteiger partial charge in [0.15, 0.2) is 0 Å². The van der Waals surface area contributed by atoms with Crippen LogP contribution in [0.1, 0.15) is 49.3 Å². The maximum Gasteiger partial charge on any atom is 0.126 e. The van der Waals surface area contributed by atoms with E-state index >= 15 is 0 Å². The van der Waals surface area contributed by atoms with Gasteiger partial charge in [-0.25, -0.2) is 4.39 Å². The third kappa shape index (κ3) is 2.90. The van der Waals surface area contributed by atoms with Crippen LogP contribution in [0.15, 0.2) is 18.2 Å². The smallest absolute Gasteiger partial charge is 0.126 e. The van der Waals surface area contributed by atoms with Crippen LogP contribution < -0.4 is 0 Å². The molecule has 100 valence electrons. The molecule has 0 spiro atoms. The zero-order chi connectivity index (χ0) is 13.1. The summed E-state index contributed by atoms with van der Waals surface area (Å²) >= 11 is 0. The highest BCUT2D eigenvalue weighted by Gasteiger charge is 2.28. The van der Waals surface area contributed by atoms with E-state index in [1.54, 1.807) is 19.1 Å². The predicted octanol–water partition coefficient (Wildman–Crippen LogP) is 3.11. The average Bonchev–Trinajstić information content (AvgIpc) is 2.41. The Bertz CT molecular complexity index is 399. The number of benzene rings is 1. The molecule has 2 nitrogen and oxygen atoms in total. The van der Waals surface area contributed by atoms with Crippen LogP contribution in [0.25, 0.3) is 0 Å². The molecule has 2 N–H and O–H groups in total. The molecule has 1 aliphatic carbocycles. The third-order valence-electron chi connectivity index (χ3n) is 3.98. The fraction of sp³-hybridized carbons (Fsp3) is 0.600. The second-order valence-electron chi connectivity index (χ2n) is 5.34.